The summed E-state index contributed by atoms with van der Waals surface area (Å²) in [6.07, 6.45) is 6.67. The van der Waals surface area contributed by atoms with Crippen molar-refractivity contribution in [1.82, 2.24) is 19.7 Å². The van der Waals surface area contributed by atoms with E-state index in [-0.39, 0.29) is 5.91 Å². The largest absolute Gasteiger partial charge is 0.339 e. The molecule has 0 spiro atoms. The van der Waals surface area contributed by atoms with Crippen LogP contribution in [0.15, 0.2) is 49.1 Å². The molecule has 1 aliphatic heterocycles. The lowest BCUT2D eigenvalue weighted by Gasteiger charge is -2.26. The maximum Gasteiger partial charge on any atom is 0.224 e. The highest BCUT2D eigenvalue weighted by Gasteiger charge is 2.17. The van der Waals surface area contributed by atoms with Gasteiger partial charge in [-0.05, 0) is 17.6 Å². The minimum Gasteiger partial charge on any atom is -0.339 e. The van der Waals surface area contributed by atoms with E-state index in [9.17, 15) is 4.79 Å². The van der Waals surface area contributed by atoms with Crippen molar-refractivity contribution in [2.24, 2.45) is 0 Å². The predicted octanol–water partition coefficient (Wildman–Crippen LogP) is 1.98. The standard InChI is InChI=1S/C16H18N4O/c21-16(8-11-20-13-17-12-18-20)19-9-6-15(7-10-19)14-4-2-1-3-5-14/h1-6,12-13H,7-11H2. The summed E-state index contributed by atoms with van der Waals surface area (Å²) in [6.45, 7) is 2.07. The quantitative estimate of drug-likeness (QED) is 0.861. The Morgan fingerprint density at radius 1 is 1.24 bits per heavy atom. The molecule has 1 amide bonds. The zero-order valence-electron chi connectivity index (χ0n) is 11.9. The number of carbonyl (C=O) groups is 1. The summed E-state index contributed by atoms with van der Waals surface area (Å²) in [6, 6.07) is 10.4. The van der Waals surface area contributed by atoms with Gasteiger partial charge < -0.3 is 4.90 Å². The van der Waals surface area contributed by atoms with Gasteiger partial charge >= 0.3 is 0 Å². The average molecular weight is 282 g/mol. The van der Waals surface area contributed by atoms with Crippen molar-refractivity contribution in [1.29, 1.82) is 0 Å². The molecule has 0 radical (unpaired) electrons. The van der Waals surface area contributed by atoms with Crippen molar-refractivity contribution in [3.8, 4) is 0 Å². The van der Waals surface area contributed by atoms with E-state index in [0.717, 1.165) is 13.0 Å². The van der Waals surface area contributed by atoms with Crippen LogP contribution in [0.2, 0.25) is 0 Å². The van der Waals surface area contributed by atoms with E-state index >= 15 is 0 Å². The Kier molecular flexibility index (Phi) is 4.09. The van der Waals surface area contributed by atoms with Crippen molar-refractivity contribution in [2.45, 2.75) is 19.4 Å². The highest BCUT2D eigenvalue weighted by atomic mass is 16.2. The van der Waals surface area contributed by atoms with Crippen LogP contribution in [-0.4, -0.2) is 38.7 Å². The normalized spacial score (nSPS) is 14.9. The molecule has 0 aliphatic carbocycles. The number of hydrogen-bond donors (Lipinski definition) is 0. The molecule has 0 atom stereocenters. The number of aromatic nitrogens is 3. The molecular weight excluding hydrogens is 264 g/mol. The Morgan fingerprint density at radius 2 is 2.10 bits per heavy atom. The second kappa shape index (κ2) is 6.35. The summed E-state index contributed by atoms with van der Waals surface area (Å²) in [4.78, 5) is 18.0. The first-order chi connectivity index (χ1) is 10.3. The zero-order valence-corrected chi connectivity index (χ0v) is 11.9. The van der Waals surface area contributed by atoms with Crippen LogP contribution in [0.25, 0.3) is 5.57 Å². The SMILES string of the molecule is O=C(CCn1cncn1)N1CC=C(c2ccccc2)CC1. The fourth-order valence-corrected chi connectivity index (χ4v) is 2.53. The van der Waals surface area contributed by atoms with Gasteiger partial charge in [0, 0.05) is 19.5 Å². The molecule has 0 bridgehead atoms. The Labute approximate surface area is 123 Å². The molecule has 3 rings (SSSR count). The maximum atomic E-state index is 12.2. The molecule has 108 valence electrons. The van der Waals surface area contributed by atoms with Crippen molar-refractivity contribution in [3.05, 3.63) is 54.6 Å². The smallest absolute Gasteiger partial charge is 0.224 e. The van der Waals surface area contributed by atoms with E-state index in [1.165, 1.54) is 17.5 Å². The number of nitrogens with zero attached hydrogens (tertiary/aromatic N) is 4. The van der Waals surface area contributed by atoms with Gasteiger partial charge in [-0.1, -0.05) is 36.4 Å². The van der Waals surface area contributed by atoms with Crippen LogP contribution in [0.3, 0.4) is 0 Å². The van der Waals surface area contributed by atoms with Gasteiger partial charge in [0.25, 0.3) is 0 Å². The van der Waals surface area contributed by atoms with E-state index in [0.29, 0.717) is 19.5 Å². The molecule has 5 heteroatoms. The molecule has 0 N–H and O–H groups in total. The Balaban J connectivity index is 1.55. The number of carbonyl (C=O) groups excluding carboxylic acids is 1. The van der Waals surface area contributed by atoms with Gasteiger partial charge in [0.05, 0.1) is 6.54 Å². The van der Waals surface area contributed by atoms with Crippen molar-refractivity contribution < 1.29 is 4.79 Å². The van der Waals surface area contributed by atoms with E-state index < -0.39 is 0 Å². The third kappa shape index (κ3) is 3.37. The van der Waals surface area contributed by atoms with Gasteiger partial charge in [-0.3, -0.25) is 9.48 Å². The first kappa shape index (κ1) is 13.5. The van der Waals surface area contributed by atoms with Crippen LogP contribution >= 0.6 is 0 Å². The highest BCUT2D eigenvalue weighted by molar-refractivity contribution is 5.78. The molecule has 21 heavy (non-hydrogen) atoms. The van der Waals surface area contributed by atoms with Gasteiger partial charge in [-0.25, -0.2) is 4.98 Å². The summed E-state index contributed by atoms with van der Waals surface area (Å²) < 4.78 is 1.69. The van der Waals surface area contributed by atoms with Gasteiger partial charge in [0.1, 0.15) is 12.7 Å². The molecule has 0 fully saturated rings. The Morgan fingerprint density at radius 3 is 2.76 bits per heavy atom. The number of amides is 1. The molecule has 5 nitrogen and oxygen atoms in total. The lowest BCUT2D eigenvalue weighted by Crippen LogP contribution is -2.35. The predicted molar refractivity (Wildman–Crippen MR) is 80.3 cm³/mol. The summed E-state index contributed by atoms with van der Waals surface area (Å²) in [5.41, 5.74) is 2.59. The second-order valence-electron chi connectivity index (χ2n) is 5.09. The zero-order chi connectivity index (χ0) is 14.5. The van der Waals surface area contributed by atoms with Gasteiger partial charge in [-0.2, -0.15) is 5.10 Å². The first-order valence-electron chi connectivity index (χ1n) is 7.17. The molecule has 2 aromatic rings. The number of benzene rings is 1. The van der Waals surface area contributed by atoms with E-state index in [1.54, 1.807) is 11.0 Å². The first-order valence-corrected chi connectivity index (χ1v) is 7.17. The van der Waals surface area contributed by atoms with E-state index in [2.05, 4.69) is 28.3 Å². The Bertz CT molecular complexity index is 619. The third-order valence-electron chi connectivity index (χ3n) is 3.73. The molecule has 1 aliphatic rings. The van der Waals surface area contributed by atoms with Gasteiger partial charge in [0.2, 0.25) is 5.91 Å². The average Bonchev–Trinajstić information content (AvgIpc) is 3.07. The molecule has 1 aromatic heterocycles. The van der Waals surface area contributed by atoms with Crippen LogP contribution < -0.4 is 0 Å². The van der Waals surface area contributed by atoms with Gasteiger partial charge in [0.15, 0.2) is 0 Å². The summed E-state index contributed by atoms with van der Waals surface area (Å²) >= 11 is 0. The molecule has 2 heterocycles. The summed E-state index contributed by atoms with van der Waals surface area (Å²) in [5, 5.41) is 4.01. The highest BCUT2D eigenvalue weighted by Crippen LogP contribution is 2.22. The molecule has 1 aromatic carbocycles. The second-order valence-corrected chi connectivity index (χ2v) is 5.09. The number of aryl methyl sites for hydroxylation is 1. The van der Waals surface area contributed by atoms with Crippen LogP contribution in [0.1, 0.15) is 18.4 Å². The van der Waals surface area contributed by atoms with E-state index in [4.69, 9.17) is 0 Å². The summed E-state index contributed by atoms with van der Waals surface area (Å²) in [7, 11) is 0. The monoisotopic (exact) mass is 282 g/mol. The molecular formula is C16H18N4O. The van der Waals surface area contributed by atoms with Crippen LogP contribution in [0.5, 0.6) is 0 Å². The molecule has 0 saturated heterocycles. The van der Waals surface area contributed by atoms with Gasteiger partial charge in [-0.15, -0.1) is 0 Å². The number of rotatable bonds is 4. The lowest BCUT2D eigenvalue weighted by atomic mass is 9.99. The fraction of sp³-hybridized carbons (Fsp3) is 0.312. The number of hydrogen-bond acceptors (Lipinski definition) is 3. The van der Waals surface area contributed by atoms with Crippen molar-refractivity contribution in [2.75, 3.05) is 13.1 Å². The van der Waals surface area contributed by atoms with Crippen molar-refractivity contribution >= 4 is 11.5 Å². The van der Waals surface area contributed by atoms with Crippen LogP contribution in [0.4, 0.5) is 0 Å². The Hall–Kier alpha value is -2.43. The third-order valence-corrected chi connectivity index (χ3v) is 3.73. The minimum absolute atomic E-state index is 0.175. The minimum atomic E-state index is 0.175. The van der Waals surface area contributed by atoms with Crippen LogP contribution in [0, 0.1) is 0 Å². The fourth-order valence-electron chi connectivity index (χ4n) is 2.53. The summed E-state index contributed by atoms with van der Waals surface area (Å²) in [5.74, 6) is 0.175. The topological polar surface area (TPSA) is 51.0 Å². The van der Waals surface area contributed by atoms with E-state index in [1.807, 2.05) is 23.1 Å². The maximum absolute atomic E-state index is 12.2. The van der Waals surface area contributed by atoms with Crippen molar-refractivity contribution in [3.63, 3.8) is 0 Å². The molecule has 0 saturated carbocycles. The molecule has 0 unspecified atom stereocenters. The van der Waals surface area contributed by atoms with Crippen LogP contribution in [-0.2, 0) is 11.3 Å². The lowest BCUT2D eigenvalue weighted by molar-refractivity contribution is -0.131.